The van der Waals surface area contributed by atoms with E-state index in [2.05, 4.69) is 5.32 Å². The minimum Gasteiger partial charge on any atom is -0.465 e. The highest BCUT2D eigenvalue weighted by Gasteiger charge is 2.31. The zero-order chi connectivity index (χ0) is 17.8. The Morgan fingerprint density at radius 1 is 1.26 bits per heavy atom. The number of carbonyl (C=O) groups is 2. The Kier molecular flexibility index (Phi) is 5.63. The van der Waals surface area contributed by atoms with Crippen molar-refractivity contribution in [2.75, 3.05) is 0 Å². The Morgan fingerprint density at radius 2 is 1.87 bits per heavy atom. The molecule has 0 aromatic heterocycles. The molecule has 0 spiro atoms. The molecule has 1 aromatic rings. The Balaban J connectivity index is 2.79. The normalized spacial score (nSPS) is 13.3. The van der Waals surface area contributed by atoms with Crippen LogP contribution in [0.3, 0.4) is 0 Å². The first kappa shape index (κ1) is 18.8. The van der Waals surface area contributed by atoms with Gasteiger partial charge in [-0.1, -0.05) is 18.2 Å². The summed E-state index contributed by atoms with van der Waals surface area (Å²) in [5.74, 6) is -0.552. The van der Waals surface area contributed by atoms with E-state index < -0.39 is 35.3 Å². The minimum atomic E-state index is -4.43. The molecule has 8 heteroatoms. The van der Waals surface area contributed by atoms with Crippen molar-refractivity contribution in [2.45, 2.75) is 44.9 Å². The van der Waals surface area contributed by atoms with Crippen LogP contribution in [0.15, 0.2) is 24.3 Å². The van der Waals surface area contributed by atoms with Gasteiger partial charge in [0.25, 0.3) is 0 Å². The fraction of sp³-hybridized carbons (Fsp3) is 0.467. The Hall–Kier alpha value is -2.25. The maximum Gasteiger partial charge on any atom is 0.416 e. The van der Waals surface area contributed by atoms with Gasteiger partial charge in [-0.3, -0.25) is 4.79 Å². The molecule has 2 amide bonds. The second-order valence-electron chi connectivity index (χ2n) is 5.92. The van der Waals surface area contributed by atoms with Gasteiger partial charge in [0.15, 0.2) is 0 Å². The molecule has 0 saturated carbocycles. The Bertz CT molecular complexity index is 586. The lowest BCUT2D eigenvalue weighted by atomic mass is 9.93. The zero-order valence-corrected chi connectivity index (χ0v) is 13.0. The fourth-order valence-corrected chi connectivity index (χ4v) is 2.10. The molecule has 0 saturated heterocycles. The number of halogens is 3. The largest absolute Gasteiger partial charge is 0.465 e. The van der Waals surface area contributed by atoms with E-state index in [1.54, 1.807) is 19.9 Å². The van der Waals surface area contributed by atoms with Crippen LogP contribution >= 0.6 is 0 Å². The fourth-order valence-electron chi connectivity index (χ4n) is 2.10. The monoisotopic (exact) mass is 332 g/mol. The van der Waals surface area contributed by atoms with Crippen LogP contribution in [0.2, 0.25) is 0 Å². The molecule has 0 aliphatic rings. The van der Waals surface area contributed by atoms with Gasteiger partial charge in [0, 0.05) is 5.54 Å². The molecule has 0 fully saturated rings. The maximum absolute atomic E-state index is 12.7. The van der Waals surface area contributed by atoms with E-state index in [-0.39, 0.29) is 6.42 Å². The molecule has 5 nitrogen and oxygen atoms in total. The lowest BCUT2D eigenvalue weighted by Gasteiger charge is -2.28. The number of carboxylic acid groups (broad SMARTS) is 1. The number of hydrogen-bond acceptors (Lipinski definition) is 2. The first-order valence-corrected chi connectivity index (χ1v) is 6.88. The zero-order valence-electron chi connectivity index (χ0n) is 13.0. The summed E-state index contributed by atoms with van der Waals surface area (Å²) in [4.78, 5) is 22.4. The lowest BCUT2D eigenvalue weighted by Crippen LogP contribution is -2.52. The highest BCUT2D eigenvalue weighted by molar-refractivity contribution is 5.85. The molecule has 0 aliphatic heterocycles. The summed E-state index contributed by atoms with van der Waals surface area (Å²) in [5, 5.41) is 13.2. The lowest BCUT2D eigenvalue weighted by molar-refractivity contribution is -0.137. The molecule has 23 heavy (non-hydrogen) atoms. The van der Waals surface area contributed by atoms with Crippen LogP contribution in [0, 0.1) is 0 Å². The van der Waals surface area contributed by atoms with E-state index in [9.17, 15) is 22.8 Å². The van der Waals surface area contributed by atoms with Gasteiger partial charge in [-0.15, -0.1) is 0 Å². The smallest absolute Gasteiger partial charge is 0.416 e. The molecule has 3 N–H and O–H groups in total. The van der Waals surface area contributed by atoms with Gasteiger partial charge in [0.1, 0.15) is 6.04 Å². The number of amides is 2. The molecule has 128 valence electrons. The topological polar surface area (TPSA) is 78.4 Å². The summed E-state index contributed by atoms with van der Waals surface area (Å²) in [6, 6.07) is 3.90. The van der Waals surface area contributed by atoms with Crippen molar-refractivity contribution in [3.8, 4) is 0 Å². The predicted octanol–water partition coefficient (Wildman–Crippen LogP) is 2.80. The van der Waals surface area contributed by atoms with Crippen molar-refractivity contribution in [1.82, 2.24) is 10.6 Å². The third-order valence-electron chi connectivity index (χ3n) is 3.10. The standard InChI is InChI=1S/C15H19F3N2O3/c1-9(19-13(22)23)12(21)20-14(2,3)8-10-5-4-6-11(7-10)15(16,17)18/h4-7,9,19H,8H2,1-3H3,(H,20,21)(H,22,23)/t9-/m1/s1. The first-order valence-electron chi connectivity index (χ1n) is 6.88. The number of nitrogens with one attached hydrogen (secondary N) is 2. The number of hydrogen-bond donors (Lipinski definition) is 3. The average Bonchev–Trinajstić information content (AvgIpc) is 2.35. The molecular formula is C15H19F3N2O3. The molecule has 1 aromatic carbocycles. The van der Waals surface area contributed by atoms with Crippen LogP contribution in [0.4, 0.5) is 18.0 Å². The third-order valence-corrected chi connectivity index (χ3v) is 3.10. The van der Waals surface area contributed by atoms with Gasteiger partial charge in [-0.2, -0.15) is 13.2 Å². The summed E-state index contributed by atoms with van der Waals surface area (Å²) < 4.78 is 38.1. The summed E-state index contributed by atoms with van der Waals surface area (Å²) in [5.41, 5.74) is -1.17. The van der Waals surface area contributed by atoms with Crippen molar-refractivity contribution in [2.24, 2.45) is 0 Å². The van der Waals surface area contributed by atoms with Crippen molar-refractivity contribution < 1.29 is 27.9 Å². The van der Waals surface area contributed by atoms with Gasteiger partial charge in [-0.25, -0.2) is 4.79 Å². The van der Waals surface area contributed by atoms with Gasteiger partial charge in [0.2, 0.25) is 5.91 Å². The second-order valence-corrected chi connectivity index (χ2v) is 5.92. The van der Waals surface area contributed by atoms with E-state index >= 15 is 0 Å². The van der Waals surface area contributed by atoms with Crippen LogP contribution < -0.4 is 10.6 Å². The van der Waals surface area contributed by atoms with Gasteiger partial charge in [-0.05, 0) is 38.8 Å². The molecular weight excluding hydrogens is 313 g/mol. The quantitative estimate of drug-likeness (QED) is 0.776. The van der Waals surface area contributed by atoms with E-state index in [1.165, 1.54) is 13.0 Å². The molecule has 0 bridgehead atoms. The molecule has 1 rings (SSSR count). The predicted molar refractivity (Wildman–Crippen MR) is 78.0 cm³/mol. The highest BCUT2D eigenvalue weighted by Crippen LogP contribution is 2.30. The summed E-state index contributed by atoms with van der Waals surface area (Å²) >= 11 is 0. The summed E-state index contributed by atoms with van der Waals surface area (Å²) in [6.45, 7) is 4.68. The molecule has 0 heterocycles. The van der Waals surface area contributed by atoms with Crippen molar-refractivity contribution in [3.05, 3.63) is 35.4 Å². The molecule has 0 aliphatic carbocycles. The first-order chi connectivity index (χ1) is 10.4. The third kappa shape index (κ3) is 6.17. The van der Waals surface area contributed by atoms with Crippen molar-refractivity contribution >= 4 is 12.0 Å². The van der Waals surface area contributed by atoms with Gasteiger partial charge >= 0.3 is 12.3 Å². The molecule has 0 unspecified atom stereocenters. The van der Waals surface area contributed by atoms with Crippen LogP contribution in [-0.2, 0) is 17.4 Å². The van der Waals surface area contributed by atoms with Crippen LogP contribution in [0.1, 0.15) is 31.9 Å². The molecule has 0 radical (unpaired) electrons. The van der Waals surface area contributed by atoms with Gasteiger partial charge in [0.05, 0.1) is 5.56 Å². The number of alkyl halides is 3. The van der Waals surface area contributed by atoms with E-state index in [4.69, 9.17) is 5.11 Å². The van der Waals surface area contributed by atoms with Crippen LogP contribution in [-0.4, -0.2) is 28.7 Å². The Morgan fingerprint density at radius 3 is 2.39 bits per heavy atom. The average molecular weight is 332 g/mol. The summed E-state index contributed by atoms with van der Waals surface area (Å²) in [7, 11) is 0. The highest BCUT2D eigenvalue weighted by atomic mass is 19.4. The Labute approximate surface area is 131 Å². The van der Waals surface area contributed by atoms with E-state index in [0.29, 0.717) is 5.56 Å². The van der Waals surface area contributed by atoms with Crippen molar-refractivity contribution in [3.63, 3.8) is 0 Å². The number of benzene rings is 1. The second kappa shape index (κ2) is 6.89. The van der Waals surface area contributed by atoms with E-state index in [1.807, 2.05) is 5.32 Å². The van der Waals surface area contributed by atoms with Crippen LogP contribution in [0.5, 0.6) is 0 Å². The van der Waals surface area contributed by atoms with Crippen LogP contribution in [0.25, 0.3) is 0 Å². The molecule has 1 atom stereocenters. The van der Waals surface area contributed by atoms with Crippen molar-refractivity contribution in [1.29, 1.82) is 0 Å². The van der Waals surface area contributed by atoms with Gasteiger partial charge < -0.3 is 15.7 Å². The minimum absolute atomic E-state index is 0.169. The number of carbonyl (C=O) groups excluding carboxylic acids is 1. The van der Waals surface area contributed by atoms with E-state index in [0.717, 1.165) is 12.1 Å². The SMILES string of the molecule is C[C@@H](NC(=O)O)C(=O)NC(C)(C)Cc1cccc(C(F)(F)F)c1. The maximum atomic E-state index is 12.7. The number of rotatable bonds is 5. The summed E-state index contributed by atoms with van der Waals surface area (Å²) in [6.07, 6.45) is -5.59.